The van der Waals surface area contributed by atoms with Gasteiger partial charge in [0.25, 0.3) is 0 Å². The van der Waals surface area contributed by atoms with Crippen molar-refractivity contribution in [3.05, 3.63) is 34.0 Å². The van der Waals surface area contributed by atoms with Gasteiger partial charge in [0, 0.05) is 28.0 Å². The summed E-state index contributed by atoms with van der Waals surface area (Å²) in [6.45, 7) is 4.04. The molecule has 0 aliphatic heterocycles. The van der Waals surface area contributed by atoms with Crippen molar-refractivity contribution < 1.29 is 0 Å². The molecule has 3 nitrogen and oxygen atoms in total. The molecule has 2 aromatic heterocycles. The molecule has 0 fully saturated rings. The highest BCUT2D eigenvalue weighted by Crippen LogP contribution is 2.28. The summed E-state index contributed by atoms with van der Waals surface area (Å²) in [4.78, 5) is 10.0. The number of hydrogen-bond donors (Lipinski definition) is 1. The van der Waals surface area contributed by atoms with Crippen LogP contribution in [0.15, 0.2) is 28.2 Å². The Bertz CT molecular complexity index is 531. The third-order valence-corrected chi connectivity index (χ3v) is 4.23. The van der Waals surface area contributed by atoms with E-state index in [4.69, 9.17) is 5.73 Å². The van der Waals surface area contributed by atoms with E-state index < -0.39 is 0 Å². The third kappa shape index (κ3) is 3.86. The van der Waals surface area contributed by atoms with Crippen LogP contribution in [0.4, 0.5) is 0 Å². The largest absolute Gasteiger partial charge is 0.326 e. The number of halogens is 1. The summed E-state index contributed by atoms with van der Waals surface area (Å²) in [6.07, 6.45) is 3.50. The van der Waals surface area contributed by atoms with Crippen molar-refractivity contribution in [3.8, 4) is 10.6 Å². The zero-order chi connectivity index (χ0) is 13.2. The first-order valence-corrected chi connectivity index (χ1v) is 7.46. The molecule has 2 N–H and O–H groups in total. The van der Waals surface area contributed by atoms with E-state index in [0.29, 0.717) is 0 Å². The Morgan fingerprint density at radius 1 is 1.44 bits per heavy atom. The summed E-state index contributed by atoms with van der Waals surface area (Å²) < 4.78 is 1.09. The molecule has 0 aliphatic rings. The summed E-state index contributed by atoms with van der Waals surface area (Å²) >= 11 is 5.13. The molecule has 2 heterocycles. The topological polar surface area (TPSA) is 51.8 Å². The van der Waals surface area contributed by atoms with Crippen LogP contribution >= 0.6 is 27.3 Å². The highest BCUT2D eigenvalue weighted by molar-refractivity contribution is 9.10. The molecule has 0 unspecified atom stereocenters. The Morgan fingerprint density at radius 3 is 2.83 bits per heavy atom. The Kier molecular flexibility index (Phi) is 4.14. The lowest BCUT2D eigenvalue weighted by molar-refractivity contribution is 0.471. The summed E-state index contributed by atoms with van der Waals surface area (Å²) in [5.41, 5.74) is 6.78. The van der Waals surface area contributed by atoms with E-state index >= 15 is 0 Å². The lowest BCUT2D eigenvalue weighted by atomic mass is 10.00. The van der Waals surface area contributed by atoms with Crippen LogP contribution in [-0.2, 0) is 6.42 Å². The molecule has 0 aliphatic carbocycles. The van der Waals surface area contributed by atoms with Crippen LogP contribution in [-0.4, -0.2) is 15.5 Å². The summed E-state index contributed by atoms with van der Waals surface area (Å²) in [7, 11) is 0. The van der Waals surface area contributed by atoms with Gasteiger partial charge in [0.2, 0.25) is 0 Å². The molecule has 0 aromatic carbocycles. The Hall–Kier alpha value is -0.780. The number of nitrogens with zero attached hydrogens (tertiary/aromatic N) is 2. The molecule has 0 spiro atoms. The molecule has 0 saturated carbocycles. The standard InChI is InChI=1S/C13H16BrN3S/c1-13(2,15)5-3-12-16-6-4-10(17-12)11-7-9(14)8-18-11/h4,6-8H,3,5,15H2,1-2H3. The van der Waals surface area contributed by atoms with Gasteiger partial charge in [-0.3, -0.25) is 0 Å². The Morgan fingerprint density at radius 2 is 2.22 bits per heavy atom. The second-order valence-corrected chi connectivity index (χ2v) is 6.80. The van der Waals surface area contributed by atoms with Crippen LogP contribution in [0, 0.1) is 0 Å². The quantitative estimate of drug-likeness (QED) is 0.933. The Balaban J connectivity index is 2.15. The number of rotatable bonds is 4. The van der Waals surface area contributed by atoms with E-state index in [1.807, 2.05) is 26.1 Å². The SMILES string of the molecule is CC(C)(N)CCc1nccc(-c2cc(Br)cs2)n1. The van der Waals surface area contributed by atoms with Gasteiger partial charge in [0.05, 0.1) is 10.6 Å². The lowest BCUT2D eigenvalue weighted by Crippen LogP contribution is -2.32. The molecule has 0 amide bonds. The fourth-order valence-corrected chi connectivity index (χ4v) is 2.94. The van der Waals surface area contributed by atoms with Gasteiger partial charge in [-0.2, -0.15) is 0 Å². The van der Waals surface area contributed by atoms with Gasteiger partial charge in [-0.1, -0.05) is 0 Å². The van der Waals surface area contributed by atoms with Crippen molar-refractivity contribution in [3.63, 3.8) is 0 Å². The van der Waals surface area contributed by atoms with Crippen LogP contribution in [0.5, 0.6) is 0 Å². The average molecular weight is 326 g/mol. The number of aryl methyl sites for hydroxylation is 1. The normalized spacial score (nSPS) is 11.8. The van der Waals surface area contributed by atoms with E-state index in [9.17, 15) is 0 Å². The molecule has 0 bridgehead atoms. The van der Waals surface area contributed by atoms with E-state index in [2.05, 4.69) is 37.3 Å². The van der Waals surface area contributed by atoms with Crippen molar-refractivity contribution in [1.29, 1.82) is 0 Å². The van der Waals surface area contributed by atoms with Gasteiger partial charge in [-0.25, -0.2) is 9.97 Å². The first-order valence-electron chi connectivity index (χ1n) is 5.79. The number of nitrogens with two attached hydrogens (primary N) is 1. The molecule has 18 heavy (non-hydrogen) atoms. The zero-order valence-corrected chi connectivity index (χ0v) is 12.9. The predicted octanol–water partition coefficient (Wildman–Crippen LogP) is 3.64. The van der Waals surface area contributed by atoms with Gasteiger partial charge in [-0.15, -0.1) is 11.3 Å². The van der Waals surface area contributed by atoms with Crippen molar-refractivity contribution >= 4 is 27.3 Å². The number of thiophene rings is 1. The second kappa shape index (κ2) is 5.47. The summed E-state index contributed by atoms with van der Waals surface area (Å²) in [6, 6.07) is 4.01. The molecular formula is C13H16BrN3S. The molecule has 2 rings (SSSR count). The van der Waals surface area contributed by atoms with Crippen molar-refractivity contribution in [2.24, 2.45) is 5.73 Å². The van der Waals surface area contributed by atoms with Crippen LogP contribution in [0.2, 0.25) is 0 Å². The third-order valence-electron chi connectivity index (χ3n) is 2.52. The van der Waals surface area contributed by atoms with Crippen LogP contribution < -0.4 is 5.73 Å². The molecule has 96 valence electrons. The fourth-order valence-electron chi connectivity index (χ4n) is 1.54. The van der Waals surface area contributed by atoms with Crippen molar-refractivity contribution in [2.45, 2.75) is 32.2 Å². The molecule has 0 atom stereocenters. The van der Waals surface area contributed by atoms with Crippen LogP contribution in [0.1, 0.15) is 26.1 Å². The van der Waals surface area contributed by atoms with E-state index in [1.165, 1.54) is 0 Å². The maximum absolute atomic E-state index is 5.98. The van der Waals surface area contributed by atoms with Gasteiger partial charge < -0.3 is 5.73 Å². The van der Waals surface area contributed by atoms with Gasteiger partial charge in [-0.05, 0) is 48.3 Å². The van der Waals surface area contributed by atoms with Crippen molar-refractivity contribution in [1.82, 2.24) is 9.97 Å². The first kappa shape index (κ1) is 13.6. The minimum absolute atomic E-state index is 0.175. The fraction of sp³-hybridized carbons (Fsp3) is 0.385. The minimum Gasteiger partial charge on any atom is -0.326 e. The van der Waals surface area contributed by atoms with Gasteiger partial charge in [0.15, 0.2) is 0 Å². The molecule has 2 aromatic rings. The smallest absolute Gasteiger partial charge is 0.129 e. The average Bonchev–Trinajstić information content (AvgIpc) is 2.73. The molecular weight excluding hydrogens is 310 g/mol. The zero-order valence-electron chi connectivity index (χ0n) is 10.5. The van der Waals surface area contributed by atoms with Crippen LogP contribution in [0.25, 0.3) is 10.6 Å². The molecule has 0 radical (unpaired) electrons. The highest BCUT2D eigenvalue weighted by atomic mass is 79.9. The highest BCUT2D eigenvalue weighted by Gasteiger charge is 2.12. The van der Waals surface area contributed by atoms with E-state index in [-0.39, 0.29) is 5.54 Å². The second-order valence-electron chi connectivity index (χ2n) is 4.98. The van der Waals surface area contributed by atoms with E-state index in [1.54, 1.807) is 11.3 Å². The lowest BCUT2D eigenvalue weighted by Gasteiger charge is -2.17. The van der Waals surface area contributed by atoms with Crippen molar-refractivity contribution in [2.75, 3.05) is 0 Å². The summed E-state index contributed by atoms with van der Waals surface area (Å²) in [5.74, 6) is 0.857. The molecule has 5 heteroatoms. The summed E-state index contributed by atoms with van der Waals surface area (Å²) in [5, 5.41) is 2.06. The Labute approximate surface area is 120 Å². The minimum atomic E-state index is -0.175. The monoisotopic (exact) mass is 325 g/mol. The van der Waals surface area contributed by atoms with Gasteiger partial charge in [0.1, 0.15) is 5.82 Å². The maximum atomic E-state index is 5.98. The predicted molar refractivity (Wildman–Crippen MR) is 79.6 cm³/mol. The van der Waals surface area contributed by atoms with Crippen LogP contribution in [0.3, 0.4) is 0 Å². The number of hydrogen-bond acceptors (Lipinski definition) is 4. The molecule has 0 saturated heterocycles. The number of aromatic nitrogens is 2. The first-order chi connectivity index (χ1) is 8.44. The maximum Gasteiger partial charge on any atom is 0.129 e. The van der Waals surface area contributed by atoms with Gasteiger partial charge >= 0.3 is 0 Å². The van der Waals surface area contributed by atoms with E-state index in [0.717, 1.165) is 33.7 Å².